The molecule has 6 heteroatoms. The quantitative estimate of drug-likeness (QED) is 0.611. The molecule has 0 aliphatic carbocycles. The number of nitrogens with one attached hydrogen (secondary N) is 1. The number of fused-ring (bicyclic) bond motifs is 1. The van der Waals surface area contributed by atoms with Crippen LogP contribution in [0.2, 0.25) is 0 Å². The first kappa shape index (κ1) is 22.4. The number of rotatable bonds is 9. The van der Waals surface area contributed by atoms with Crippen LogP contribution in [0.25, 0.3) is 6.08 Å². The summed E-state index contributed by atoms with van der Waals surface area (Å²) in [6, 6.07) is 14.5. The zero-order valence-electron chi connectivity index (χ0n) is 18.7. The van der Waals surface area contributed by atoms with Crippen LogP contribution in [0.4, 0.5) is 0 Å². The van der Waals surface area contributed by atoms with Crippen molar-refractivity contribution in [3.05, 3.63) is 65.2 Å². The first-order valence-corrected chi connectivity index (χ1v) is 11.4. The molecule has 2 heterocycles. The van der Waals surface area contributed by atoms with E-state index in [0.29, 0.717) is 19.2 Å². The van der Waals surface area contributed by atoms with Crippen LogP contribution in [0.3, 0.4) is 0 Å². The summed E-state index contributed by atoms with van der Waals surface area (Å²) in [4.78, 5) is 14.6. The Hall–Kier alpha value is -2.83. The number of likely N-dealkylation sites (N-methyl/N-ethyl adjacent to an activating group) is 1. The molecule has 2 aromatic rings. The summed E-state index contributed by atoms with van der Waals surface area (Å²) >= 11 is 0. The van der Waals surface area contributed by atoms with Crippen LogP contribution in [0, 0.1) is 0 Å². The predicted molar refractivity (Wildman–Crippen MR) is 125 cm³/mol. The highest BCUT2D eigenvalue weighted by atomic mass is 16.5. The van der Waals surface area contributed by atoms with E-state index in [9.17, 15) is 4.79 Å². The second-order valence-corrected chi connectivity index (χ2v) is 8.34. The van der Waals surface area contributed by atoms with E-state index < -0.39 is 0 Å². The van der Waals surface area contributed by atoms with Gasteiger partial charge in [0, 0.05) is 44.8 Å². The molecule has 2 aliphatic rings. The monoisotopic (exact) mass is 436 g/mol. The Labute approximate surface area is 190 Å². The number of hydrogen-bond acceptors (Lipinski definition) is 5. The number of amides is 1. The molecule has 0 unspecified atom stereocenters. The van der Waals surface area contributed by atoms with Gasteiger partial charge in [0.2, 0.25) is 5.91 Å². The van der Waals surface area contributed by atoms with Crippen molar-refractivity contribution in [1.29, 1.82) is 0 Å². The van der Waals surface area contributed by atoms with E-state index >= 15 is 0 Å². The van der Waals surface area contributed by atoms with Gasteiger partial charge in [-0.2, -0.15) is 0 Å². The van der Waals surface area contributed by atoms with Gasteiger partial charge in [-0.05, 0) is 66.9 Å². The maximum Gasteiger partial charge on any atom is 0.244 e. The molecule has 0 bridgehead atoms. The van der Waals surface area contributed by atoms with Crippen LogP contribution in [-0.2, 0) is 22.5 Å². The third-order valence-corrected chi connectivity index (χ3v) is 6.03. The predicted octanol–water partition coefficient (Wildman–Crippen LogP) is 3.44. The molecule has 0 atom stereocenters. The van der Waals surface area contributed by atoms with Crippen molar-refractivity contribution in [2.45, 2.75) is 31.8 Å². The standard InChI is InChI=1S/C26H32N2O4/c1-28(23-10-13-30-14-11-23)12-16-31-24-4-2-3-21(18-24)19-27-26(29)8-6-20-5-7-25-22(17-20)9-15-32-25/h2-8,17-18,23H,9-16,19H2,1H3,(H,27,29)/b8-6+. The van der Waals surface area contributed by atoms with Crippen LogP contribution in [0.15, 0.2) is 48.5 Å². The van der Waals surface area contributed by atoms with E-state index in [4.69, 9.17) is 14.2 Å². The number of carbonyl (C=O) groups is 1. The summed E-state index contributed by atoms with van der Waals surface area (Å²) in [7, 11) is 2.15. The van der Waals surface area contributed by atoms with Crippen molar-refractivity contribution < 1.29 is 19.0 Å². The highest BCUT2D eigenvalue weighted by molar-refractivity contribution is 5.91. The first-order valence-electron chi connectivity index (χ1n) is 11.4. The van der Waals surface area contributed by atoms with Gasteiger partial charge in [0.1, 0.15) is 18.1 Å². The lowest BCUT2D eigenvalue weighted by Gasteiger charge is -2.31. The van der Waals surface area contributed by atoms with E-state index in [1.54, 1.807) is 6.08 Å². The summed E-state index contributed by atoms with van der Waals surface area (Å²) < 4.78 is 16.9. The van der Waals surface area contributed by atoms with Crippen molar-refractivity contribution in [2.24, 2.45) is 0 Å². The summed E-state index contributed by atoms with van der Waals surface area (Å²) in [5.41, 5.74) is 3.21. The number of ether oxygens (including phenoxy) is 3. The first-order chi connectivity index (χ1) is 15.7. The van der Waals surface area contributed by atoms with Gasteiger partial charge in [-0.25, -0.2) is 0 Å². The Morgan fingerprint density at radius 3 is 2.94 bits per heavy atom. The zero-order chi connectivity index (χ0) is 22.2. The molecule has 1 fully saturated rings. The highest BCUT2D eigenvalue weighted by Crippen LogP contribution is 2.26. The average Bonchev–Trinajstić information content (AvgIpc) is 3.30. The second-order valence-electron chi connectivity index (χ2n) is 8.34. The lowest BCUT2D eigenvalue weighted by molar-refractivity contribution is -0.116. The van der Waals surface area contributed by atoms with Gasteiger partial charge >= 0.3 is 0 Å². The van der Waals surface area contributed by atoms with Crippen molar-refractivity contribution in [1.82, 2.24) is 10.2 Å². The molecule has 6 nitrogen and oxygen atoms in total. The Bertz CT molecular complexity index is 937. The molecule has 32 heavy (non-hydrogen) atoms. The fourth-order valence-electron chi connectivity index (χ4n) is 4.09. The van der Waals surface area contributed by atoms with Crippen LogP contribution in [0.5, 0.6) is 11.5 Å². The van der Waals surface area contributed by atoms with Crippen LogP contribution in [-0.4, -0.2) is 56.9 Å². The van der Waals surface area contributed by atoms with Crippen molar-refractivity contribution >= 4 is 12.0 Å². The van der Waals surface area contributed by atoms with Crippen LogP contribution in [0.1, 0.15) is 29.5 Å². The Morgan fingerprint density at radius 1 is 1.19 bits per heavy atom. The molecule has 170 valence electrons. The fourth-order valence-corrected chi connectivity index (χ4v) is 4.09. The number of benzene rings is 2. The van der Waals surface area contributed by atoms with Gasteiger partial charge < -0.3 is 19.5 Å². The van der Waals surface area contributed by atoms with Gasteiger partial charge in [-0.1, -0.05) is 18.2 Å². The van der Waals surface area contributed by atoms with E-state index in [-0.39, 0.29) is 5.91 Å². The van der Waals surface area contributed by atoms with Crippen molar-refractivity contribution in [3.8, 4) is 11.5 Å². The highest BCUT2D eigenvalue weighted by Gasteiger charge is 2.18. The zero-order valence-corrected chi connectivity index (χ0v) is 18.7. The topological polar surface area (TPSA) is 60.0 Å². The van der Waals surface area contributed by atoms with Gasteiger partial charge in [-0.3, -0.25) is 9.69 Å². The minimum Gasteiger partial charge on any atom is -0.493 e. The Morgan fingerprint density at radius 2 is 2.06 bits per heavy atom. The van der Waals surface area contributed by atoms with Gasteiger partial charge in [0.15, 0.2) is 0 Å². The van der Waals surface area contributed by atoms with Crippen LogP contribution < -0.4 is 14.8 Å². The average molecular weight is 437 g/mol. The van der Waals surface area contributed by atoms with E-state index in [2.05, 4.69) is 23.3 Å². The SMILES string of the molecule is CN(CCOc1cccc(CNC(=O)/C=C/c2ccc3c(c2)CCO3)c1)C1CCOCC1. The van der Waals surface area contributed by atoms with E-state index in [1.165, 1.54) is 5.56 Å². The second kappa shape index (κ2) is 11.2. The van der Waals surface area contributed by atoms with Crippen LogP contribution >= 0.6 is 0 Å². The maximum atomic E-state index is 12.2. The minimum atomic E-state index is -0.119. The molecule has 2 aliphatic heterocycles. The molecular weight excluding hydrogens is 404 g/mol. The molecule has 0 radical (unpaired) electrons. The summed E-state index contributed by atoms with van der Waals surface area (Å²) in [6.45, 7) is 4.41. The third-order valence-electron chi connectivity index (χ3n) is 6.03. The van der Waals surface area contributed by atoms with Gasteiger partial charge in [-0.15, -0.1) is 0 Å². The number of hydrogen-bond donors (Lipinski definition) is 1. The maximum absolute atomic E-state index is 12.2. The molecule has 1 N–H and O–H groups in total. The molecule has 2 aromatic carbocycles. The molecule has 4 rings (SSSR count). The summed E-state index contributed by atoms with van der Waals surface area (Å²) in [5.74, 6) is 1.66. The van der Waals surface area contributed by atoms with Gasteiger partial charge in [0.25, 0.3) is 0 Å². The molecule has 0 aromatic heterocycles. The minimum absolute atomic E-state index is 0.119. The van der Waals surface area contributed by atoms with Crippen molar-refractivity contribution in [2.75, 3.05) is 40.0 Å². The largest absolute Gasteiger partial charge is 0.493 e. The normalized spacial score (nSPS) is 16.2. The molecule has 1 amide bonds. The molecule has 0 spiro atoms. The number of carbonyl (C=O) groups excluding carboxylic acids is 1. The lowest BCUT2D eigenvalue weighted by Crippen LogP contribution is -2.38. The van der Waals surface area contributed by atoms with Crippen molar-refractivity contribution in [3.63, 3.8) is 0 Å². The smallest absolute Gasteiger partial charge is 0.244 e. The molecule has 0 saturated carbocycles. The van der Waals surface area contributed by atoms with E-state index in [1.807, 2.05) is 42.5 Å². The molecule has 1 saturated heterocycles. The Balaban J connectivity index is 1.20. The Kier molecular flexibility index (Phi) is 7.80. The lowest BCUT2D eigenvalue weighted by atomic mass is 10.1. The summed E-state index contributed by atoms with van der Waals surface area (Å²) in [5, 5.41) is 2.94. The third kappa shape index (κ3) is 6.34. The van der Waals surface area contributed by atoms with Gasteiger partial charge in [0.05, 0.1) is 6.61 Å². The molecular formula is C26H32N2O4. The fraction of sp³-hybridized carbons (Fsp3) is 0.423. The summed E-state index contributed by atoms with van der Waals surface area (Å²) in [6.07, 6.45) is 6.50. The van der Waals surface area contributed by atoms with E-state index in [0.717, 1.165) is 68.3 Å². The number of nitrogens with zero attached hydrogens (tertiary/aromatic N) is 1.